The number of methoxy groups -OCH3 is 2. The molecule has 0 aliphatic carbocycles. The summed E-state index contributed by atoms with van der Waals surface area (Å²) in [5.41, 5.74) is 1.63. The van der Waals surface area contributed by atoms with E-state index in [4.69, 9.17) is 14.2 Å². The van der Waals surface area contributed by atoms with Crippen LogP contribution in [0.2, 0.25) is 0 Å². The standard InChI is InChI=1S/C23H24BrNO5/c1-4-5-6-10-30-22-17(24)11-14(12-20(22)29-3)18-13-16(23(26)27)15-8-7-9-19(28-2)21(15)25-18/h7-9,11-13H,4-6,10H2,1-3H3,(H,26,27)/p-1. The van der Waals surface area contributed by atoms with E-state index in [2.05, 4.69) is 27.8 Å². The number of unbranched alkanes of at least 4 members (excludes halogenated alkanes) is 2. The van der Waals surface area contributed by atoms with Crippen LogP contribution in [0.1, 0.15) is 36.5 Å². The maximum absolute atomic E-state index is 11.8. The van der Waals surface area contributed by atoms with Gasteiger partial charge >= 0.3 is 0 Å². The zero-order valence-corrected chi connectivity index (χ0v) is 18.7. The van der Waals surface area contributed by atoms with Crippen LogP contribution in [-0.2, 0) is 0 Å². The highest BCUT2D eigenvalue weighted by Gasteiger charge is 2.16. The molecule has 0 spiro atoms. The van der Waals surface area contributed by atoms with Crippen molar-refractivity contribution in [2.75, 3.05) is 20.8 Å². The highest BCUT2D eigenvalue weighted by atomic mass is 79.9. The van der Waals surface area contributed by atoms with Gasteiger partial charge in [-0.1, -0.05) is 31.9 Å². The van der Waals surface area contributed by atoms with Crippen LogP contribution >= 0.6 is 15.9 Å². The van der Waals surface area contributed by atoms with Gasteiger partial charge in [0.25, 0.3) is 0 Å². The molecule has 0 atom stereocenters. The van der Waals surface area contributed by atoms with Gasteiger partial charge in [0.2, 0.25) is 0 Å². The Morgan fingerprint density at radius 2 is 1.87 bits per heavy atom. The first-order chi connectivity index (χ1) is 14.5. The number of carbonyl (C=O) groups excluding carboxylic acids is 1. The molecule has 158 valence electrons. The number of aromatic nitrogens is 1. The molecule has 0 N–H and O–H groups in total. The van der Waals surface area contributed by atoms with Crippen molar-refractivity contribution in [3.8, 4) is 28.5 Å². The van der Waals surface area contributed by atoms with Gasteiger partial charge in [-0.25, -0.2) is 4.98 Å². The number of carboxylic acids is 1. The van der Waals surface area contributed by atoms with Crippen molar-refractivity contribution in [1.29, 1.82) is 0 Å². The first kappa shape index (κ1) is 21.9. The van der Waals surface area contributed by atoms with Crippen LogP contribution in [0.4, 0.5) is 0 Å². The molecule has 0 bridgehead atoms. The minimum atomic E-state index is -1.28. The summed E-state index contributed by atoms with van der Waals surface area (Å²) < 4.78 is 17.5. The maximum atomic E-state index is 11.8. The number of carbonyl (C=O) groups is 1. The van der Waals surface area contributed by atoms with E-state index in [0.717, 1.165) is 19.3 Å². The second-order valence-corrected chi connectivity index (χ2v) is 7.60. The molecule has 0 amide bonds. The number of pyridine rings is 1. The minimum Gasteiger partial charge on any atom is -0.545 e. The lowest BCUT2D eigenvalue weighted by Gasteiger charge is -2.16. The second kappa shape index (κ2) is 9.80. The van der Waals surface area contributed by atoms with Crippen LogP contribution < -0.4 is 19.3 Å². The Hall–Kier alpha value is -2.80. The first-order valence-corrected chi connectivity index (χ1v) is 10.5. The lowest BCUT2D eigenvalue weighted by Crippen LogP contribution is -2.22. The molecular weight excluding hydrogens is 450 g/mol. The molecule has 0 fully saturated rings. The van der Waals surface area contributed by atoms with Crippen molar-refractivity contribution in [2.24, 2.45) is 0 Å². The molecule has 0 saturated heterocycles. The van der Waals surface area contributed by atoms with Crippen molar-refractivity contribution >= 4 is 32.8 Å². The largest absolute Gasteiger partial charge is 0.545 e. The zero-order valence-electron chi connectivity index (χ0n) is 17.2. The number of nitrogens with zero attached hydrogens (tertiary/aromatic N) is 1. The zero-order chi connectivity index (χ0) is 21.7. The number of carboxylic acid groups (broad SMARTS) is 1. The highest BCUT2D eigenvalue weighted by molar-refractivity contribution is 9.10. The van der Waals surface area contributed by atoms with Crippen LogP contribution in [0, 0.1) is 0 Å². The van der Waals surface area contributed by atoms with Crippen LogP contribution in [-0.4, -0.2) is 31.8 Å². The fourth-order valence-corrected chi connectivity index (χ4v) is 3.79. The third kappa shape index (κ3) is 4.51. The molecule has 0 saturated carbocycles. The van der Waals surface area contributed by atoms with E-state index < -0.39 is 5.97 Å². The quantitative estimate of drug-likeness (QED) is 0.422. The SMILES string of the molecule is CCCCCOc1c(Br)cc(-c2cc(C(=O)[O-])c3cccc(OC)c3n2)cc1OC. The molecule has 7 heteroatoms. The van der Waals surface area contributed by atoms with Crippen LogP contribution in [0.15, 0.2) is 40.9 Å². The molecule has 0 unspecified atom stereocenters. The predicted molar refractivity (Wildman–Crippen MR) is 117 cm³/mol. The molecule has 2 aromatic carbocycles. The summed E-state index contributed by atoms with van der Waals surface area (Å²) in [5, 5.41) is 12.2. The number of ether oxygens (including phenoxy) is 3. The van der Waals surface area contributed by atoms with Gasteiger partial charge in [0.15, 0.2) is 11.5 Å². The molecule has 1 heterocycles. The summed E-state index contributed by atoms with van der Waals surface area (Å²) in [6.07, 6.45) is 3.15. The Morgan fingerprint density at radius 3 is 2.53 bits per heavy atom. The summed E-state index contributed by atoms with van der Waals surface area (Å²) in [5.74, 6) is 0.348. The lowest BCUT2D eigenvalue weighted by atomic mass is 10.0. The summed E-state index contributed by atoms with van der Waals surface area (Å²) >= 11 is 3.54. The summed E-state index contributed by atoms with van der Waals surface area (Å²) in [6.45, 7) is 2.72. The molecule has 6 nitrogen and oxygen atoms in total. The van der Waals surface area contributed by atoms with Crippen molar-refractivity contribution in [3.05, 3.63) is 46.4 Å². The summed E-state index contributed by atoms with van der Waals surface area (Å²) in [6, 6.07) is 10.3. The topological polar surface area (TPSA) is 80.7 Å². The van der Waals surface area contributed by atoms with E-state index in [9.17, 15) is 9.90 Å². The number of fused-ring (bicyclic) bond motifs is 1. The van der Waals surface area contributed by atoms with Gasteiger partial charge < -0.3 is 24.1 Å². The fourth-order valence-electron chi connectivity index (χ4n) is 3.24. The lowest BCUT2D eigenvalue weighted by molar-refractivity contribution is -0.254. The molecule has 1 aromatic heterocycles. The van der Waals surface area contributed by atoms with Crippen molar-refractivity contribution in [2.45, 2.75) is 26.2 Å². The molecule has 0 aliphatic rings. The Labute approximate surface area is 183 Å². The summed E-state index contributed by atoms with van der Waals surface area (Å²) in [7, 11) is 3.08. The first-order valence-electron chi connectivity index (χ1n) is 9.70. The number of halogens is 1. The number of para-hydroxylation sites is 1. The van der Waals surface area contributed by atoms with Crippen molar-refractivity contribution < 1.29 is 24.1 Å². The second-order valence-electron chi connectivity index (χ2n) is 6.74. The third-order valence-electron chi connectivity index (χ3n) is 4.76. The minimum absolute atomic E-state index is 0.0453. The van der Waals surface area contributed by atoms with E-state index in [1.165, 1.54) is 13.2 Å². The summed E-state index contributed by atoms with van der Waals surface area (Å²) in [4.78, 5) is 16.4. The van der Waals surface area contributed by atoms with Gasteiger partial charge in [-0.2, -0.15) is 0 Å². The monoisotopic (exact) mass is 472 g/mol. The van der Waals surface area contributed by atoms with E-state index in [0.29, 0.717) is 50.5 Å². The molecule has 0 aliphatic heterocycles. The van der Waals surface area contributed by atoms with Gasteiger partial charge in [-0.3, -0.25) is 0 Å². The molecule has 0 radical (unpaired) electrons. The smallest absolute Gasteiger partial charge is 0.175 e. The normalized spacial score (nSPS) is 10.8. The van der Waals surface area contributed by atoms with Gasteiger partial charge in [-0.05, 0) is 46.6 Å². The van der Waals surface area contributed by atoms with E-state index in [1.54, 1.807) is 31.4 Å². The Bertz CT molecular complexity index is 1070. The maximum Gasteiger partial charge on any atom is 0.175 e. The third-order valence-corrected chi connectivity index (χ3v) is 5.35. The van der Waals surface area contributed by atoms with Crippen LogP contribution in [0.5, 0.6) is 17.2 Å². The number of rotatable bonds is 9. The number of hydrogen-bond donors (Lipinski definition) is 0. The molecule has 3 aromatic rings. The average Bonchev–Trinajstić information content (AvgIpc) is 2.75. The molecule has 3 rings (SSSR count). The molecule has 30 heavy (non-hydrogen) atoms. The number of benzene rings is 2. The van der Waals surface area contributed by atoms with Crippen LogP contribution in [0.3, 0.4) is 0 Å². The predicted octanol–water partition coefficient (Wildman–Crippen LogP) is 4.61. The highest BCUT2D eigenvalue weighted by Crippen LogP contribution is 2.40. The van der Waals surface area contributed by atoms with E-state index in [-0.39, 0.29) is 5.56 Å². The molecular formula is C23H23BrNO5-. The van der Waals surface area contributed by atoms with Gasteiger partial charge in [0.05, 0.1) is 37.0 Å². The Balaban J connectivity index is 2.11. The van der Waals surface area contributed by atoms with E-state index >= 15 is 0 Å². The van der Waals surface area contributed by atoms with Crippen molar-refractivity contribution in [3.63, 3.8) is 0 Å². The van der Waals surface area contributed by atoms with E-state index in [1.807, 2.05) is 6.07 Å². The van der Waals surface area contributed by atoms with Gasteiger partial charge in [0.1, 0.15) is 11.3 Å². The van der Waals surface area contributed by atoms with Gasteiger partial charge in [-0.15, -0.1) is 0 Å². The Kier molecular flexibility index (Phi) is 7.15. The number of aromatic carboxylic acids is 1. The van der Waals surface area contributed by atoms with Gasteiger partial charge in [0, 0.05) is 16.5 Å². The Morgan fingerprint density at radius 1 is 1.10 bits per heavy atom. The van der Waals surface area contributed by atoms with Crippen molar-refractivity contribution in [1.82, 2.24) is 4.98 Å². The average molecular weight is 473 g/mol. The van der Waals surface area contributed by atoms with Crippen LogP contribution in [0.25, 0.3) is 22.2 Å². The fraction of sp³-hybridized carbons (Fsp3) is 0.304. The number of hydrogen-bond acceptors (Lipinski definition) is 6.